The topological polar surface area (TPSA) is 93.3 Å². The van der Waals surface area contributed by atoms with E-state index in [2.05, 4.69) is 24.5 Å². The van der Waals surface area contributed by atoms with Crippen LogP contribution in [0.1, 0.15) is 25.5 Å². The molecule has 2 amide bonds. The van der Waals surface area contributed by atoms with Crippen LogP contribution in [0.25, 0.3) is 0 Å². The summed E-state index contributed by atoms with van der Waals surface area (Å²) in [6, 6.07) is 5.63. The Labute approximate surface area is 142 Å². The molecule has 1 aromatic carbocycles. The lowest BCUT2D eigenvalue weighted by Gasteiger charge is -2.25. The van der Waals surface area contributed by atoms with Crippen LogP contribution < -0.4 is 25.4 Å². The van der Waals surface area contributed by atoms with E-state index in [1.807, 2.05) is 18.2 Å². The molecule has 0 aliphatic carbocycles. The molecule has 2 rings (SSSR count). The Hall–Kier alpha value is -2.28. The molecular formula is C17H26N3O4+. The van der Waals surface area contributed by atoms with Crippen LogP contribution in [0, 0.1) is 5.92 Å². The Bertz CT molecular complexity index is 589. The largest absolute Gasteiger partial charge is 0.486 e. The van der Waals surface area contributed by atoms with Crippen molar-refractivity contribution in [2.75, 3.05) is 33.4 Å². The van der Waals surface area contributed by atoms with Crippen molar-refractivity contribution >= 4 is 11.8 Å². The summed E-state index contributed by atoms with van der Waals surface area (Å²) >= 11 is 0. The number of amides is 2. The molecule has 1 heterocycles. The Balaban J connectivity index is 1.99. The van der Waals surface area contributed by atoms with Gasteiger partial charge in [0, 0.05) is 7.05 Å². The molecule has 1 aromatic rings. The van der Waals surface area contributed by atoms with Crippen molar-refractivity contribution in [1.29, 1.82) is 0 Å². The third-order valence-corrected chi connectivity index (χ3v) is 3.85. The molecule has 0 saturated heterocycles. The normalized spacial score (nSPS) is 14.2. The predicted octanol–water partition coefficient (Wildman–Crippen LogP) is -0.419. The monoisotopic (exact) mass is 336 g/mol. The van der Waals surface area contributed by atoms with Crippen molar-refractivity contribution in [3.8, 4) is 11.5 Å². The molecule has 0 spiro atoms. The summed E-state index contributed by atoms with van der Waals surface area (Å²) in [7, 11) is 1.58. The Morgan fingerprint density at radius 2 is 1.79 bits per heavy atom. The number of hydrogen-bond donors (Lipinski definition) is 3. The molecule has 0 saturated carbocycles. The summed E-state index contributed by atoms with van der Waals surface area (Å²) in [5, 5.41) is 7.23. The van der Waals surface area contributed by atoms with Gasteiger partial charge in [-0.3, -0.25) is 9.59 Å². The summed E-state index contributed by atoms with van der Waals surface area (Å²) in [5.74, 6) is 1.46. The first-order valence-corrected chi connectivity index (χ1v) is 8.22. The van der Waals surface area contributed by atoms with Gasteiger partial charge in [0.15, 0.2) is 24.6 Å². The van der Waals surface area contributed by atoms with Crippen LogP contribution in [-0.4, -0.2) is 45.2 Å². The average molecular weight is 336 g/mol. The molecule has 24 heavy (non-hydrogen) atoms. The number of likely N-dealkylation sites (N-methyl/N-ethyl adjacent to an activating group) is 1. The minimum Gasteiger partial charge on any atom is -0.486 e. The SMILES string of the molecule is CNC(=O)C[NH2+]CC(=O)N[C@H](c1ccc2c(c1)OCCO2)C(C)C. The molecule has 0 fully saturated rings. The van der Waals surface area contributed by atoms with E-state index in [9.17, 15) is 9.59 Å². The first kappa shape index (κ1) is 18.1. The van der Waals surface area contributed by atoms with Gasteiger partial charge in [0.25, 0.3) is 11.8 Å². The molecule has 0 unspecified atom stereocenters. The zero-order chi connectivity index (χ0) is 17.5. The van der Waals surface area contributed by atoms with E-state index >= 15 is 0 Å². The van der Waals surface area contributed by atoms with Crippen LogP contribution in [0.2, 0.25) is 0 Å². The second-order valence-corrected chi connectivity index (χ2v) is 6.06. The van der Waals surface area contributed by atoms with Crippen LogP contribution in [0.3, 0.4) is 0 Å². The zero-order valence-electron chi connectivity index (χ0n) is 14.4. The number of carbonyl (C=O) groups excluding carboxylic acids is 2. The van der Waals surface area contributed by atoms with Gasteiger partial charge in [0.05, 0.1) is 6.04 Å². The summed E-state index contributed by atoms with van der Waals surface area (Å²) in [6.45, 7) is 5.63. The Morgan fingerprint density at radius 3 is 2.46 bits per heavy atom. The summed E-state index contributed by atoms with van der Waals surface area (Å²) < 4.78 is 11.1. The van der Waals surface area contributed by atoms with Gasteiger partial charge < -0.3 is 25.4 Å². The Kier molecular flexibility index (Phi) is 6.43. The summed E-state index contributed by atoms with van der Waals surface area (Å²) in [6.07, 6.45) is 0. The highest BCUT2D eigenvalue weighted by atomic mass is 16.6. The minimum absolute atomic E-state index is 0.102. The number of nitrogens with one attached hydrogen (secondary N) is 2. The maximum absolute atomic E-state index is 12.2. The lowest BCUT2D eigenvalue weighted by Crippen LogP contribution is -2.88. The van der Waals surface area contributed by atoms with Gasteiger partial charge >= 0.3 is 0 Å². The number of carbonyl (C=O) groups is 2. The molecule has 0 bridgehead atoms. The number of fused-ring (bicyclic) bond motifs is 1. The highest BCUT2D eigenvalue weighted by Crippen LogP contribution is 2.34. The van der Waals surface area contributed by atoms with E-state index < -0.39 is 0 Å². The van der Waals surface area contributed by atoms with Crippen LogP contribution >= 0.6 is 0 Å². The predicted molar refractivity (Wildman–Crippen MR) is 88.9 cm³/mol. The summed E-state index contributed by atoms with van der Waals surface area (Å²) in [4.78, 5) is 23.3. The fourth-order valence-electron chi connectivity index (χ4n) is 2.56. The van der Waals surface area contributed by atoms with Crippen molar-refractivity contribution in [3.05, 3.63) is 23.8 Å². The van der Waals surface area contributed by atoms with Crippen molar-refractivity contribution in [3.63, 3.8) is 0 Å². The molecule has 1 aliphatic heterocycles. The third-order valence-electron chi connectivity index (χ3n) is 3.85. The van der Waals surface area contributed by atoms with Crippen molar-refractivity contribution in [1.82, 2.24) is 10.6 Å². The van der Waals surface area contributed by atoms with Gasteiger partial charge in [0.1, 0.15) is 13.2 Å². The molecule has 1 aliphatic rings. The number of hydrogen-bond acceptors (Lipinski definition) is 4. The Morgan fingerprint density at radius 1 is 1.12 bits per heavy atom. The molecule has 7 nitrogen and oxygen atoms in total. The molecule has 132 valence electrons. The highest BCUT2D eigenvalue weighted by molar-refractivity contribution is 5.78. The number of nitrogens with two attached hydrogens (primary N) is 1. The number of ether oxygens (including phenoxy) is 2. The maximum atomic E-state index is 12.2. The first-order chi connectivity index (χ1) is 11.5. The molecular weight excluding hydrogens is 310 g/mol. The fourth-order valence-corrected chi connectivity index (χ4v) is 2.56. The van der Waals surface area contributed by atoms with Gasteiger partial charge in [-0.1, -0.05) is 19.9 Å². The fraction of sp³-hybridized carbons (Fsp3) is 0.529. The zero-order valence-corrected chi connectivity index (χ0v) is 14.4. The van der Waals surface area contributed by atoms with Crippen LogP contribution in [0.4, 0.5) is 0 Å². The van der Waals surface area contributed by atoms with E-state index in [1.54, 1.807) is 12.4 Å². The van der Waals surface area contributed by atoms with E-state index in [0.29, 0.717) is 19.0 Å². The average Bonchev–Trinajstić information content (AvgIpc) is 2.58. The standard InChI is InChI=1S/C17H25N3O4/c1-11(2)17(20-16(22)10-19-9-15(21)18-3)12-4-5-13-14(8-12)24-7-6-23-13/h4-5,8,11,17,19H,6-7,9-10H2,1-3H3,(H,18,21)(H,20,22)/p+1/t17-/m0/s1. The van der Waals surface area contributed by atoms with Crippen molar-refractivity contribution in [2.24, 2.45) is 5.92 Å². The molecule has 1 atom stereocenters. The van der Waals surface area contributed by atoms with Crippen LogP contribution in [0.15, 0.2) is 18.2 Å². The number of benzene rings is 1. The van der Waals surface area contributed by atoms with Gasteiger partial charge in [0.2, 0.25) is 0 Å². The minimum atomic E-state index is -0.123. The van der Waals surface area contributed by atoms with Gasteiger partial charge in [-0.05, 0) is 23.6 Å². The van der Waals surface area contributed by atoms with E-state index in [1.165, 1.54) is 0 Å². The molecule has 0 radical (unpaired) electrons. The number of quaternary nitrogens is 1. The smallest absolute Gasteiger partial charge is 0.275 e. The van der Waals surface area contributed by atoms with Gasteiger partial charge in [-0.15, -0.1) is 0 Å². The summed E-state index contributed by atoms with van der Waals surface area (Å²) in [5.41, 5.74) is 0.980. The molecule has 0 aromatic heterocycles. The van der Waals surface area contributed by atoms with E-state index in [-0.39, 0.29) is 36.9 Å². The van der Waals surface area contributed by atoms with E-state index in [0.717, 1.165) is 11.3 Å². The number of rotatable bonds is 7. The lowest BCUT2D eigenvalue weighted by molar-refractivity contribution is -0.633. The lowest BCUT2D eigenvalue weighted by atomic mass is 9.95. The van der Waals surface area contributed by atoms with E-state index in [4.69, 9.17) is 9.47 Å². The highest BCUT2D eigenvalue weighted by Gasteiger charge is 2.22. The quantitative estimate of drug-likeness (QED) is 0.630. The van der Waals surface area contributed by atoms with Crippen LogP contribution in [0.5, 0.6) is 11.5 Å². The first-order valence-electron chi connectivity index (χ1n) is 8.22. The molecule has 7 heteroatoms. The van der Waals surface area contributed by atoms with Crippen molar-refractivity contribution in [2.45, 2.75) is 19.9 Å². The third kappa shape index (κ3) is 4.86. The van der Waals surface area contributed by atoms with Gasteiger partial charge in [-0.25, -0.2) is 0 Å². The second kappa shape index (κ2) is 8.54. The molecule has 4 N–H and O–H groups in total. The van der Waals surface area contributed by atoms with Crippen LogP contribution in [-0.2, 0) is 9.59 Å². The van der Waals surface area contributed by atoms with Crippen molar-refractivity contribution < 1.29 is 24.4 Å². The second-order valence-electron chi connectivity index (χ2n) is 6.06. The maximum Gasteiger partial charge on any atom is 0.275 e. The van der Waals surface area contributed by atoms with Gasteiger partial charge in [-0.2, -0.15) is 0 Å².